The zero-order valence-corrected chi connectivity index (χ0v) is 10.7. The summed E-state index contributed by atoms with van der Waals surface area (Å²) in [5, 5.41) is -2.21. The highest BCUT2D eigenvalue weighted by Gasteiger charge is 2.66. The van der Waals surface area contributed by atoms with Crippen molar-refractivity contribution in [3.05, 3.63) is 0 Å². The second-order valence-corrected chi connectivity index (χ2v) is 6.71. The Labute approximate surface area is 105 Å². The second kappa shape index (κ2) is 3.56. The molecule has 1 saturated carbocycles. The Morgan fingerprint density at radius 2 is 0.917 bits per heavy atom. The molecule has 0 aromatic carbocycles. The van der Waals surface area contributed by atoms with Gasteiger partial charge in [-0.3, -0.25) is 0 Å². The van der Waals surface area contributed by atoms with Gasteiger partial charge in [0.2, 0.25) is 0 Å². The fourth-order valence-corrected chi connectivity index (χ4v) is 3.50. The van der Waals surface area contributed by atoms with Crippen LogP contribution in [-0.4, -0.2) is 24.8 Å². The molecule has 0 aromatic heterocycles. The maximum atomic E-state index is 5.80. The van der Waals surface area contributed by atoms with E-state index in [0.717, 1.165) is 0 Å². The van der Waals surface area contributed by atoms with Crippen LogP contribution in [0.5, 0.6) is 0 Å². The Bertz CT molecular complexity index is 168. The summed E-state index contributed by atoms with van der Waals surface area (Å²) in [5.41, 5.74) is 0. The largest absolute Gasteiger partial charge is 0.170 e. The average Bonchev–Trinajstić information content (AvgIpc) is 2.05. The maximum Gasteiger partial charge on any atom is 0.170 e. The lowest BCUT2D eigenvalue weighted by molar-refractivity contribution is 0.772. The van der Waals surface area contributed by atoms with Crippen LogP contribution in [0.3, 0.4) is 0 Å². The Morgan fingerprint density at radius 3 is 1.00 bits per heavy atom. The third-order valence-electron chi connectivity index (χ3n) is 1.70. The van der Waals surface area contributed by atoms with Gasteiger partial charge in [0.05, 0.1) is 16.1 Å². The van der Waals surface area contributed by atoms with E-state index in [1.54, 1.807) is 0 Å². The molecular weight excluding hydrogens is 308 g/mol. The third-order valence-corrected chi connectivity index (χ3v) is 6.62. The molecule has 2 atom stereocenters. The average molecular weight is 311 g/mol. The van der Waals surface area contributed by atoms with Gasteiger partial charge in [-0.1, -0.05) is 46.4 Å². The molecule has 1 aliphatic rings. The van der Waals surface area contributed by atoms with Crippen molar-refractivity contribution >= 4 is 81.2 Å². The first-order valence-corrected chi connectivity index (χ1v) is 5.73. The molecule has 1 rings (SSSR count). The molecule has 1 fully saturated rings. The van der Waals surface area contributed by atoms with Crippen molar-refractivity contribution in [1.29, 1.82) is 0 Å². The highest BCUT2D eigenvalue weighted by molar-refractivity contribution is 6.68. The van der Waals surface area contributed by atoms with Crippen molar-refractivity contribution in [2.75, 3.05) is 0 Å². The van der Waals surface area contributed by atoms with E-state index in [1.807, 2.05) is 0 Å². The van der Waals surface area contributed by atoms with E-state index in [4.69, 9.17) is 81.2 Å². The molecule has 12 heavy (non-hydrogen) atoms. The van der Waals surface area contributed by atoms with Gasteiger partial charge in [-0.15, -0.1) is 34.8 Å². The van der Waals surface area contributed by atoms with Gasteiger partial charge in [0.25, 0.3) is 0 Å². The zero-order chi connectivity index (χ0) is 9.73. The van der Waals surface area contributed by atoms with Crippen LogP contribution < -0.4 is 0 Å². The topological polar surface area (TPSA) is 0 Å². The molecule has 0 bridgehead atoms. The van der Waals surface area contributed by atoms with Crippen LogP contribution in [-0.2, 0) is 0 Å². The minimum atomic E-state index is -1.53. The van der Waals surface area contributed by atoms with E-state index >= 15 is 0 Å². The lowest BCUT2D eigenvalue weighted by atomic mass is 10.3. The molecule has 0 spiro atoms. The molecular formula is C5H3Cl7. The van der Waals surface area contributed by atoms with E-state index < -0.39 is 24.8 Å². The smallest absolute Gasteiger partial charge is 0.120 e. The summed E-state index contributed by atoms with van der Waals surface area (Å²) in [6.45, 7) is 0. The summed E-state index contributed by atoms with van der Waals surface area (Å²) in [6, 6.07) is 0. The predicted octanol–water partition coefficient (Wildman–Crippen LogP) is 4.17. The first kappa shape index (κ1) is 12.1. The van der Waals surface area contributed by atoms with Gasteiger partial charge in [0, 0.05) is 0 Å². The van der Waals surface area contributed by atoms with E-state index in [0.29, 0.717) is 0 Å². The van der Waals surface area contributed by atoms with Gasteiger partial charge in [-0.2, -0.15) is 0 Å². The Hall–Kier alpha value is 2.03. The van der Waals surface area contributed by atoms with Gasteiger partial charge in [-0.25, -0.2) is 0 Å². The molecule has 72 valence electrons. The molecule has 0 radical (unpaired) electrons. The number of alkyl halides is 7. The van der Waals surface area contributed by atoms with E-state index in [9.17, 15) is 0 Å². The second-order valence-electron chi connectivity index (χ2n) is 2.49. The number of rotatable bonds is 0. The monoisotopic (exact) mass is 308 g/mol. The molecule has 0 amide bonds. The summed E-state index contributed by atoms with van der Waals surface area (Å²) < 4.78 is -3.06. The van der Waals surface area contributed by atoms with Gasteiger partial charge in [0.1, 0.15) is 0 Å². The van der Waals surface area contributed by atoms with Crippen LogP contribution >= 0.6 is 81.2 Å². The van der Waals surface area contributed by atoms with Crippen molar-refractivity contribution in [3.63, 3.8) is 0 Å². The molecule has 0 heterocycles. The minimum absolute atomic E-state index is 0.654. The zero-order valence-electron chi connectivity index (χ0n) is 5.38. The van der Waals surface area contributed by atoms with E-state index in [2.05, 4.69) is 0 Å². The van der Waals surface area contributed by atoms with Gasteiger partial charge in [-0.05, 0) is 0 Å². The number of halogens is 7. The molecule has 7 heteroatoms. The first-order valence-electron chi connectivity index (χ1n) is 2.90. The normalized spacial score (nSPS) is 44.8. The van der Waals surface area contributed by atoms with Crippen molar-refractivity contribution in [2.45, 2.75) is 24.8 Å². The quantitative estimate of drug-likeness (QED) is 0.589. The van der Waals surface area contributed by atoms with Crippen molar-refractivity contribution in [1.82, 2.24) is 0 Å². The Morgan fingerprint density at radius 1 is 0.667 bits per heavy atom. The van der Waals surface area contributed by atoms with E-state index in [-0.39, 0.29) is 0 Å². The number of hydrogen-bond donors (Lipinski definition) is 0. The van der Waals surface area contributed by atoms with Crippen molar-refractivity contribution in [3.8, 4) is 0 Å². The predicted molar refractivity (Wildman–Crippen MR) is 57.8 cm³/mol. The summed E-state index contributed by atoms with van der Waals surface area (Å²) >= 11 is 40.6. The van der Waals surface area contributed by atoms with Gasteiger partial charge >= 0.3 is 0 Å². The van der Waals surface area contributed by atoms with Crippen molar-refractivity contribution in [2.24, 2.45) is 0 Å². The molecule has 2 unspecified atom stereocenters. The Kier molecular flexibility index (Phi) is 3.59. The summed E-state index contributed by atoms with van der Waals surface area (Å²) in [5.74, 6) is 0. The summed E-state index contributed by atoms with van der Waals surface area (Å²) in [7, 11) is 0. The Balaban J connectivity index is 3.06. The molecule has 1 aliphatic carbocycles. The molecule has 0 aromatic rings. The van der Waals surface area contributed by atoms with Crippen LogP contribution in [0.2, 0.25) is 0 Å². The van der Waals surface area contributed by atoms with Crippen LogP contribution in [0.25, 0.3) is 0 Å². The number of hydrogen-bond acceptors (Lipinski definition) is 0. The summed E-state index contributed by atoms with van der Waals surface area (Å²) in [4.78, 5) is 0. The molecule has 0 N–H and O–H groups in total. The fraction of sp³-hybridized carbons (Fsp3) is 1.00. The third kappa shape index (κ3) is 1.52. The highest BCUT2D eigenvalue weighted by atomic mass is 35.5. The van der Waals surface area contributed by atoms with Gasteiger partial charge < -0.3 is 0 Å². The summed E-state index contributed by atoms with van der Waals surface area (Å²) in [6.07, 6.45) is 0. The SMILES string of the molecule is ClC1C(Cl)C(Cl)(Cl)C(Cl)(Cl)C1Cl. The first-order chi connectivity index (χ1) is 5.23. The lowest BCUT2D eigenvalue weighted by Gasteiger charge is -2.27. The lowest BCUT2D eigenvalue weighted by Crippen LogP contribution is -2.39. The molecule has 0 saturated heterocycles. The molecule has 0 nitrogen and oxygen atoms in total. The van der Waals surface area contributed by atoms with Gasteiger partial charge in [0.15, 0.2) is 8.67 Å². The van der Waals surface area contributed by atoms with Crippen LogP contribution in [0, 0.1) is 0 Å². The highest BCUT2D eigenvalue weighted by Crippen LogP contribution is 2.59. The fourth-order valence-electron chi connectivity index (χ4n) is 0.916. The minimum Gasteiger partial charge on any atom is -0.120 e. The van der Waals surface area contributed by atoms with Crippen LogP contribution in [0.1, 0.15) is 0 Å². The van der Waals surface area contributed by atoms with E-state index in [1.165, 1.54) is 0 Å². The van der Waals surface area contributed by atoms with Crippen LogP contribution in [0.15, 0.2) is 0 Å². The van der Waals surface area contributed by atoms with Crippen molar-refractivity contribution < 1.29 is 0 Å². The molecule has 0 aliphatic heterocycles. The van der Waals surface area contributed by atoms with Crippen LogP contribution in [0.4, 0.5) is 0 Å². The standard InChI is InChI=1S/C5H3Cl7/c6-1-2(7)4(9,10)5(11,12)3(1)8/h1-3H. The maximum absolute atomic E-state index is 5.80.